The quantitative estimate of drug-likeness (QED) is 0.920. The zero-order valence-electron chi connectivity index (χ0n) is 11.2. The lowest BCUT2D eigenvalue weighted by Gasteiger charge is -2.30. The van der Waals surface area contributed by atoms with Crippen LogP contribution in [0.5, 0.6) is 0 Å². The van der Waals surface area contributed by atoms with Crippen LogP contribution in [0.3, 0.4) is 0 Å². The molecular weight excluding hydrogens is 294 g/mol. The van der Waals surface area contributed by atoms with Gasteiger partial charge in [-0.15, -0.1) is 11.3 Å². The Hall–Kier alpha value is -1.33. The lowest BCUT2D eigenvalue weighted by atomic mass is 9.98. The van der Waals surface area contributed by atoms with Gasteiger partial charge in [0.25, 0.3) is 5.91 Å². The van der Waals surface area contributed by atoms with E-state index in [0.717, 1.165) is 36.5 Å². The molecule has 0 atom stereocenters. The summed E-state index contributed by atoms with van der Waals surface area (Å²) in [7, 11) is 0. The van der Waals surface area contributed by atoms with Crippen molar-refractivity contribution >= 4 is 28.8 Å². The maximum absolute atomic E-state index is 12.6. The minimum atomic E-state index is 0.0603. The van der Waals surface area contributed by atoms with E-state index in [2.05, 4.69) is 17.1 Å². The van der Waals surface area contributed by atoms with Crippen molar-refractivity contribution in [2.45, 2.75) is 19.8 Å². The van der Waals surface area contributed by atoms with Gasteiger partial charge in [-0.3, -0.25) is 9.89 Å². The second kappa shape index (κ2) is 5.58. The molecule has 2 aromatic rings. The second-order valence-corrected chi connectivity index (χ2v) is 6.95. The molecule has 0 spiro atoms. The van der Waals surface area contributed by atoms with E-state index >= 15 is 0 Å². The van der Waals surface area contributed by atoms with E-state index in [0.29, 0.717) is 15.8 Å². The lowest BCUT2D eigenvalue weighted by Crippen LogP contribution is -2.37. The average molecular weight is 310 g/mol. The van der Waals surface area contributed by atoms with E-state index in [4.69, 9.17) is 11.6 Å². The predicted octanol–water partition coefficient (Wildman–Crippen LogP) is 3.66. The van der Waals surface area contributed by atoms with E-state index in [9.17, 15) is 4.79 Å². The van der Waals surface area contributed by atoms with Gasteiger partial charge in [0.2, 0.25) is 0 Å². The van der Waals surface area contributed by atoms with Gasteiger partial charge in [-0.2, -0.15) is 5.10 Å². The number of carbonyl (C=O) groups is 1. The number of nitrogens with zero attached hydrogens (tertiary/aromatic N) is 2. The molecule has 0 aromatic carbocycles. The molecule has 0 saturated carbocycles. The molecule has 1 amide bonds. The Morgan fingerprint density at radius 2 is 2.20 bits per heavy atom. The standard InChI is InChI=1S/C14H16ClN3OS/c1-9-4-6-18(7-5-9)14(19)10-8-16-17-13(10)11-2-3-12(15)20-11/h2-3,8-9H,4-7H2,1H3,(H,16,17). The first kappa shape index (κ1) is 13.6. The van der Waals surface area contributed by atoms with Crippen molar-refractivity contribution in [1.82, 2.24) is 15.1 Å². The van der Waals surface area contributed by atoms with Crippen molar-refractivity contribution in [2.24, 2.45) is 5.92 Å². The molecule has 1 saturated heterocycles. The third-order valence-corrected chi connectivity index (χ3v) is 5.01. The third-order valence-electron chi connectivity index (χ3n) is 3.76. The number of likely N-dealkylation sites (tertiary alicyclic amines) is 1. The number of H-pyrrole nitrogens is 1. The van der Waals surface area contributed by atoms with Gasteiger partial charge in [0.05, 0.1) is 26.7 Å². The maximum atomic E-state index is 12.6. The molecule has 4 nitrogen and oxygen atoms in total. The van der Waals surface area contributed by atoms with Crippen LogP contribution in [-0.4, -0.2) is 34.1 Å². The van der Waals surface area contributed by atoms with Crippen LogP contribution in [-0.2, 0) is 0 Å². The fourth-order valence-corrected chi connectivity index (χ4v) is 3.52. The van der Waals surface area contributed by atoms with Crippen LogP contribution >= 0.6 is 22.9 Å². The molecule has 0 radical (unpaired) electrons. The summed E-state index contributed by atoms with van der Waals surface area (Å²) in [5.41, 5.74) is 1.41. The second-order valence-electron chi connectivity index (χ2n) is 5.24. The molecule has 3 heterocycles. The number of aromatic amines is 1. The Bertz CT molecular complexity index is 613. The monoisotopic (exact) mass is 309 g/mol. The lowest BCUT2D eigenvalue weighted by molar-refractivity contribution is 0.0698. The molecule has 106 valence electrons. The van der Waals surface area contributed by atoms with Crippen LogP contribution in [0.1, 0.15) is 30.1 Å². The normalized spacial score (nSPS) is 16.6. The largest absolute Gasteiger partial charge is 0.339 e. The highest BCUT2D eigenvalue weighted by atomic mass is 35.5. The number of piperidine rings is 1. The fourth-order valence-electron chi connectivity index (χ4n) is 2.47. The number of halogens is 1. The van der Waals surface area contributed by atoms with Gasteiger partial charge in [-0.1, -0.05) is 18.5 Å². The van der Waals surface area contributed by atoms with E-state index in [1.54, 1.807) is 6.20 Å². The summed E-state index contributed by atoms with van der Waals surface area (Å²) < 4.78 is 0.708. The molecular formula is C14H16ClN3OS. The van der Waals surface area contributed by atoms with E-state index in [1.165, 1.54) is 11.3 Å². The molecule has 0 bridgehead atoms. The summed E-state index contributed by atoms with van der Waals surface area (Å²) in [6.07, 6.45) is 3.76. The molecule has 1 aliphatic rings. The minimum Gasteiger partial charge on any atom is -0.339 e. The maximum Gasteiger partial charge on any atom is 0.257 e. The Morgan fingerprint density at radius 1 is 1.45 bits per heavy atom. The van der Waals surface area contributed by atoms with Gasteiger partial charge >= 0.3 is 0 Å². The summed E-state index contributed by atoms with van der Waals surface area (Å²) in [4.78, 5) is 15.5. The number of hydrogen-bond acceptors (Lipinski definition) is 3. The highest BCUT2D eigenvalue weighted by molar-refractivity contribution is 7.19. The smallest absolute Gasteiger partial charge is 0.257 e. The zero-order chi connectivity index (χ0) is 14.1. The van der Waals surface area contributed by atoms with Crippen molar-refractivity contribution in [3.8, 4) is 10.6 Å². The predicted molar refractivity (Wildman–Crippen MR) is 81.2 cm³/mol. The number of amides is 1. The van der Waals surface area contributed by atoms with E-state index in [-0.39, 0.29) is 5.91 Å². The van der Waals surface area contributed by atoms with Gasteiger partial charge in [0.15, 0.2) is 0 Å². The summed E-state index contributed by atoms with van der Waals surface area (Å²) in [5, 5.41) is 6.95. The minimum absolute atomic E-state index is 0.0603. The fraction of sp³-hybridized carbons (Fsp3) is 0.429. The molecule has 0 unspecified atom stereocenters. The summed E-state index contributed by atoms with van der Waals surface area (Å²) in [5.74, 6) is 0.768. The summed E-state index contributed by atoms with van der Waals surface area (Å²) >= 11 is 7.41. The summed E-state index contributed by atoms with van der Waals surface area (Å²) in [6, 6.07) is 3.74. The number of rotatable bonds is 2. The van der Waals surface area contributed by atoms with Crippen molar-refractivity contribution in [3.63, 3.8) is 0 Å². The number of carbonyl (C=O) groups excluding carboxylic acids is 1. The van der Waals surface area contributed by atoms with Crippen molar-refractivity contribution in [1.29, 1.82) is 0 Å². The average Bonchev–Trinajstić information content (AvgIpc) is 3.07. The van der Waals surface area contributed by atoms with Crippen LogP contribution in [0, 0.1) is 5.92 Å². The zero-order valence-corrected chi connectivity index (χ0v) is 12.8. The molecule has 3 rings (SSSR count). The summed E-state index contributed by atoms with van der Waals surface area (Å²) in [6.45, 7) is 3.89. The number of hydrogen-bond donors (Lipinski definition) is 1. The van der Waals surface area contributed by atoms with Crippen molar-refractivity contribution in [2.75, 3.05) is 13.1 Å². The third kappa shape index (κ3) is 2.60. The molecule has 6 heteroatoms. The Kier molecular flexibility index (Phi) is 3.81. The first-order valence-electron chi connectivity index (χ1n) is 6.73. The van der Waals surface area contributed by atoms with Gasteiger partial charge in [-0.25, -0.2) is 0 Å². The molecule has 2 aromatic heterocycles. The Balaban J connectivity index is 1.84. The van der Waals surface area contributed by atoms with Gasteiger partial charge in [0.1, 0.15) is 0 Å². The number of nitrogens with one attached hydrogen (secondary N) is 1. The van der Waals surface area contributed by atoms with Crippen LogP contribution in [0.4, 0.5) is 0 Å². The highest BCUT2D eigenvalue weighted by Gasteiger charge is 2.25. The molecule has 1 aliphatic heterocycles. The van der Waals surface area contributed by atoms with E-state index in [1.807, 2.05) is 17.0 Å². The van der Waals surface area contributed by atoms with Crippen molar-refractivity contribution in [3.05, 3.63) is 28.2 Å². The number of aromatic nitrogens is 2. The van der Waals surface area contributed by atoms with Crippen LogP contribution in [0.2, 0.25) is 4.34 Å². The van der Waals surface area contributed by atoms with Crippen molar-refractivity contribution < 1.29 is 4.79 Å². The molecule has 1 fully saturated rings. The van der Waals surface area contributed by atoms with Gasteiger partial charge in [-0.05, 0) is 30.9 Å². The molecule has 20 heavy (non-hydrogen) atoms. The van der Waals surface area contributed by atoms with Crippen LogP contribution in [0.25, 0.3) is 10.6 Å². The van der Waals surface area contributed by atoms with Gasteiger partial charge in [0, 0.05) is 13.1 Å². The first-order chi connectivity index (χ1) is 9.65. The first-order valence-corrected chi connectivity index (χ1v) is 7.93. The SMILES string of the molecule is CC1CCN(C(=O)c2cn[nH]c2-c2ccc(Cl)s2)CC1. The highest BCUT2D eigenvalue weighted by Crippen LogP contribution is 2.32. The topological polar surface area (TPSA) is 49.0 Å². The Morgan fingerprint density at radius 3 is 2.85 bits per heavy atom. The Labute approximate surface area is 126 Å². The molecule has 0 aliphatic carbocycles. The van der Waals surface area contributed by atoms with Crippen LogP contribution in [0.15, 0.2) is 18.3 Å². The molecule has 1 N–H and O–H groups in total. The van der Waals surface area contributed by atoms with Gasteiger partial charge < -0.3 is 4.90 Å². The number of thiophene rings is 1. The van der Waals surface area contributed by atoms with E-state index < -0.39 is 0 Å². The van der Waals surface area contributed by atoms with Crippen LogP contribution < -0.4 is 0 Å².